The molecule has 0 spiro atoms. The molecule has 3 aromatic rings. The molecule has 0 aliphatic rings. The summed E-state index contributed by atoms with van der Waals surface area (Å²) in [4.78, 5) is 8.50. The molecule has 1 aromatic carbocycles. The number of phenolic OH excluding ortho intramolecular Hbond substituents is 1. The van der Waals surface area contributed by atoms with Gasteiger partial charge in [-0.3, -0.25) is 4.98 Å². The second kappa shape index (κ2) is 5.52. The first kappa shape index (κ1) is 12.3. The largest absolute Gasteiger partial charge is 0.508 e. The molecular weight excluding hydrogens is 254 g/mol. The van der Waals surface area contributed by atoms with E-state index >= 15 is 0 Å². The van der Waals surface area contributed by atoms with Gasteiger partial charge in [0, 0.05) is 12.6 Å². The van der Waals surface area contributed by atoms with Gasteiger partial charge in [-0.15, -0.1) is 0 Å². The summed E-state index contributed by atoms with van der Waals surface area (Å²) in [6.45, 7) is 0. The van der Waals surface area contributed by atoms with Gasteiger partial charge in [-0.2, -0.15) is 4.98 Å². The average molecular weight is 267 g/mol. The molecule has 5 heteroatoms. The Morgan fingerprint density at radius 3 is 2.60 bits per heavy atom. The van der Waals surface area contributed by atoms with Crippen LogP contribution in [0.25, 0.3) is 11.5 Å². The maximum Gasteiger partial charge on any atom is 0.227 e. The van der Waals surface area contributed by atoms with Crippen LogP contribution in [-0.2, 0) is 12.8 Å². The van der Waals surface area contributed by atoms with Crippen molar-refractivity contribution >= 4 is 0 Å². The van der Waals surface area contributed by atoms with Gasteiger partial charge in [0.2, 0.25) is 11.7 Å². The van der Waals surface area contributed by atoms with Gasteiger partial charge in [0.1, 0.15) is 11.4 Å². The number of aryl methyl sites for hydroxylation is 2. The molecule has 20 heavy (non-hydrogen) atoms. The molecule has 100 valence electrons. The Hall–Kier alpha value is -2.69. The molecule has 0 fully saturated rings. The van der Waals surface area contributed by atoms with E-state index in [1.165, 1.54) is 0 Å². The van der Waals surface area contributed by atoms with E-state index in [9.17, 15) is 5.11 Å². The van der Waals surface area contributed by atoms with Crippen molar-refractivity contribution < 1.29 is 9.63 Å². The lowest BCUT2D eigenvalue weighted by molar-refractivity contribution is 0.378. The molecule has 2 heterocycles. The van der Waals surface area contributed by atoms with Gasteiger partial charge >= 0.3 is 0 Å². The lowest BCUT2D eigenvalue weighted by Gasteiger charge is -1.98. The third kappa shape index (κ3) is 2.83. The van der Waals surface area contributed by atoms with Crippen molar-refractivity contribution in [3.05, 3.63) is 60.1 Å². The summed E-state index contributed by atoms with van der Waals surface area (Å²) in [6.07, 6.45) is 3.14. The maximum absolute atomic E-state index is 9.22. The molecule has 1 N–H and O–H groups in total. The van der Waals surface area contributed by atoms with Crippen LogP contribution in [0.5, 0.6) is 5.75 Å². The summed E-state index contributed by atoms with van der Waals surface area (Å²) in [7, 11) is 0. The lowest BCUT2D eigenvalue weighted by Crippen LogP contribution is -1.91. The fourth-order valence-electron chi connectivity index (χ4n) is 1.87. The van der Waals surface area contributed by atoms with Crippen molar-refractivity contribution in [3.8, 4) is 17.3 Å². The van der Waals surface area contributed by atoms with E-state index < -0.39 is 0 Å². The Kier molecular flexibility index (Phi) is 3.41. The lowest BCUT2D eigenvalue weighted by atomic mass is 10.1. The van der Waals surface area contributed by atoms with E-state index in [2.05, 4.69) is 15.1 Å². The quantitative estimate of drug-likeness (QED) is 0.786. The number of nitrogens with zero attached hydrogens (tertiary/aromatic N) is 3. The van der Waals surface area contributed by atoms with E-state index in [4.69, 9.17) is 4.52 Å². The Morgan fingerprint density at radius 1 is 1.00 bits per heavy atom. The second-order valence-electron chi connectivity index (χ2n) is 4.39. The fraction of sp³-hybridized carbons (Fsp3) is 0.133. The minimum Gasteiger partial charge on any atom is -0.508 e. The number of hydrogen-bond donors (Lipinski definition) is 1. The zero-order valence-corrected chi connectivity index (χ0v) is 10.7. The molecule has 0 saturated carbocycles. The van der Waals surface area contributed by atoms with Crippen molar-refractivity contribution in [2.45, 2.75) is 12.8 Å². The van der Waals surface area contributed by atoms with Gasteiger partial charge in [0.15, 0.2) is 0 Å². The predicted molar refractivity (Wildman–Crippen MR) is 73.0 cm³/mol. The number of pyridine rings is 1. The molecule has 0 saturated heterocycles. The highest BCUT2D eigenvalue weighted by Crippen LogP contribution is 2.14. The van der Waals surface area contributed by atoms with Gasteiger partial charge in [-0.05, 0) is 36.2 Å². The van der Waals surface area contributed by atoms with Crippen molar-refractivity contribution in [2.24, 2.45) is 0 Å². The number of phenols is 1. The number of rotatable bonds is 4. The zero-order chi connectivity index (χ0) is 13.8. The SMILES string of the molecule is Oc1ccc(CCc2nc(-c3ccccn3)no2)cc1. The first-order valence-corrected chi connectivity index (χ1v) is 6.33. The minimum atomic E-state index is 0.268. The molecule has 0 aliphatic heterocycles. The molecule has 5 nitrogen and oxygen atoms in total. The van der Waals surface area contributed by atoms with E-state index in [0.29, 0.717) is 23.8 Å². The van der Waals surface area contributed by atoms with Crippen LogP contribution < -0.4 is 0 Å². The van der Waals surface area contributed by atoms with Crippen LogP contribution in [0.2, 0.25) is 0 Å². The number of benzene rings is 1. The highest BCUT2D eigenvalue weighted by Gasteiger charge is 2.09. The highest BCUT2D eigenvalue weighted by molar-refractivity contribution is 5.47. The van der Waals surface area contributed by atoms with Crippen molar-refractivity contribution in [2.75, 3.05) is 0 Å². The number of aromatic hydroxyl groups is 1. The third-order valence-corrected chi connectivity index (χ3v) is 2.93. The molecule has 0 bridgehead atoms. The summed E-state index contributed by atoms with van der Waals surface area (Å²) >= 11 is 0. The summed E-state index contributed by atoms with van der Waals surface area (Å²) in [5.74, 6) is 1.36. The highest BCUT2D eigenvalue weighted by atomic mass is 16.5. The normalized spacial score (nSPS) is 10.6. The van der Waals surface area contributed by atoms with Gasteiger partial charge in [-0.1, -0.05) is 23.4 Å². The standard InChI is InChI=1S/C15H13N3O2/c19-12-7-4-11(5-8-12)6-9-14-17-15(18-20-14)13-3-1-2-10-16-13/h1-5,7-8,10,19H,6,9H2. The first-order chi connectivity index (χ1) is 9.81. The summed E-state index contributed by atoms with van der Waals surface area (Å²) in [6, 6.07) is 12.7. The summed E-state index contributed by atoms with van der Waals surface area (Å²) in [5.41, 5.74) is 1.81. The van der Waals surface area contributed by atoms with Crippen molar-refractivity contribution in [3.63, 3.8) is 0 Å². The maximum atomic E-state index is 9.22. The molecule has 0 radical (unpaired) electrons. The predicted octanol–water partition coefficient (Wildman–Crippen LogP) is 2.62. The minimum absolute atomic E-state index is 0.268. The average Bonchev–Trinajstić information content (AvgIpc) is 2.97. The molecule has 0 amide bonds. The summed E-state index contributed by atoms with van der Waals surface area (Å²) in [5, 5.41) is 13.1. The van der Waals surface area contributed by atoms with Gasteiger partial charge in [0.25, 0.3) is 0 Å². The van der Waals surface area contributed by atoms with Crippen LogP contribution in [0, 0.1) is 0 Å². The molecular formula is C15H13N3O2. The number of aromatic nitrogens is 3. The van der Waals surface area contributed by atoms with E-state index in [-0.39, 0.29) is 5.75 Å². The van der Waals surface area contributed by atoms with Crippen LogP contribution in [0.15, 0.2) is 53.2 Å². The van der Waals surface area contributed by atoms with Crippen LogP contribution in [0.3, 0.4) is 0 Å². The molecule has 0 unspecified atom stereocenters. The Morgan fingerprint density at radius 2 is 1.85 bits per heavy atom. The van der Waals surface area contributed by atoms with Crippen LogP contribution in [0.4, 0.5) is 0 Å². The van der Waals surface area contributed by atoms with Crippen LogP contribution in [-0.4, -0.2) is 20.2 Å². The fourth-order valence-corrected chi connectivity index (χ4v) is 1.87. The smallest absolute Gasteiger partial charge is 0.227 e. The van der Waals surface area contributed by atoms with Gasteiger partial charge in [-0.25, -0.2) is 0 Å². The Balaban J connectivity index is 1.67. The van der Waals surface area contributed by atoms with Crippen molar-refractivity contribution in [1.82, 2.24) is 15.1 Å². The van der Waals surface area contributed by atoms with Crippen LogP contribution >= 0.6 is 0 Å². The van der Waals surface area contributed by atoms with E-state index in [1.807, 2.05) is 30.3 Å². The molecule has 0 atom stereocenters. The number of hydrogen-bond acceptors (Lipinski definition) is 5. The van der Waals surface area contributed by atoms with Gasteiger partial charge in [0.05, 0.1) is 0 Å². The first-order valence-electron chi connectivity index (χ1n) is 6.33. The molecule has 2 aromatic heterocycles. The van der Waals surface area contributed by atoms with Crippen LogP contribution in [0.1, 0.15) is 11.5 Å². The monoisotopic (exact) mass is 267 g/mol. The Bertz CT molecular complexity index is 678. The van der Waals surface area contributed by atoms with Gasteiger partial charge < -0.3 is 9.63 Å². The Labute approximate surface area is 115 Å². The molecule has 3 rings (SSSR count). The van der Waals surface area contributed by atoms with E-state index in [1.54, 1.807) is 18.3 Å². The van der Waals surface area contributed by atoms with E-state index in [0.717, 1.165) is 12.0 Å². The summed E-state index contributed by atoms with van der Waals surface area (Å²) < 4.78 is 5.21. The van der Waals surface area contributed by atoms with Crippen molar-refractivity contribution in [1.29, 1.82) is 0 Å². The molecule has 0 aliphatic carbocycles. The topological polar surface area (TPSA) is 72.0 Å². The second-order valence-corrected chi connectivity index (χ2v) is 4.39. The zero-order valence-electron chi connectivity index (χ0n) is 10.7. The third-order valence-electron chi connectivity index (χ3n) is 2.93.